The van der Waals surface area contributed by atoms with Gasteiger partial charge in [0.15, 0.2) is 0 Å². The van der Waals surface area contributed by atoms with Gasteiger partial charge in [-0.25, -0.2) is 4.98 Å². The molecule has 3 N–H and O–H groups in total. The molecule has 0 aliphatic heterocycles. The smallest absolute Gasteiger partial charge is 0.365 e. The Kier molecular flexibility index (Phi) is 4.81. The molecule has 0 saturated carbocycles. The first-order chi connectivity index (χ1) is 13.8. The fourth-order valence-corrected chi connectivity index (χ4v) is 4.99. The number of thiophene rings is 1. The van der Waals surface area contributed by atoms with Crippen molar-refractivity contribution in [3.8, 4) is 0 Å². The lowest BCUT2D eigenvalue weighted by atomic mass is 9.95. The van der Waals surface area contributed by atoms with Crippen LogP contribution >= 0.6 is 11.3 Å². The number of amides is 2. The summed E-state index contributed by atoms with van der Waals surface area (Å²) in [6, 6.07) is 6.09. The van der Waals surface area contributed by atoms with E-state index in [1.54, 1.807) is 12.1 Å². The fraction of sp³-hybridized carbons (Fsp3) is 0.316. The van der Waals surface area contributed by atoms with Gasteiger partial charge in [-0.3, -0.25) is 9.59 Å². The first-order valence-electron chi connectivity index (χ1n) is 9.02. The summed E-state index contributed by atoms with van der Waals surface area (Å²) in [6.07, 6.45) is -1.31. The maximum absolute atomic E-state index is 13.4. The fourth-order valence-electron chi connectivity index (χ4n) is 3.68. The molecular weight excluding hydrogens is 405 g/mol. The van der Waals surface area contributed by atoms with Crippen molar-refractivity contribution in [2.45, 2.75) is 38.4 Å². The molecule has 0 fully saturated rings. The number of primary amides is 1. The zero-order chi connectivity index (χ0) is 20.8. The van der Waals surface area contributed by atoms with Crippen LogP contribution in [0.3, 0.4) is 0 Å². The molecule has 0 spiro atoms. The number of anilines is 1. The van der Waals surface area contributed by atoms with E-state index in [1.807, 2.05) is 0 Å². The van der Waals surface area contributed by atoms with Crippen LogP contribution in [0.1, 0.15) is 39.5 Å². The summed E-state index contributed by atoms with van der Waals surface area (Å²) in [5, 5.41) is 2.89. The van der Waals surface area contributed by atoms with Crippen molar-refractivity contribution >= 4 is 39.2 Å². The van der Waals surface area contributed by atoms with E-state index < -0.39 is 30.4 Å². The minimum Gasteiger partial charge on any atom is -0.365 e. The second-order valence-electron chi connectivity index (χ2n) is 6.84. The number of nitrogens with zero attached hydrogens (tertiary/aromatic N) is 2. The summed E-state index contributed by atoms with van der Waals surface area (Å²) >= 11 is 1.26. The molecule has 1 aromatic carbocycles. The summed E-state index contributed by atoms with van der Waals surface area (Å²) in [7, 11) is 0. The van der Waals surface area contributed by atoms with Crippen LogP contribution in [0.4, 0.5) is 18.2 Å². The predicted molar refractivity (Wildman–Crippen MR) is 103 cm³/mol. The third-order valence-corrected chi connectivity index (χ3v) is 6.09. The quantitative estimate of drug-likeness (QED) is 0.671. The molecule has 2 aromatic heterocycles. The van der Waals surface area contributed by atoms with Crippen molar-refractivity contribution in [2.24, 2.45) is 5.73 Å². The Morgan fingerprint density at radius 3 is 2.66 bits per heavy atom. The molecule has 2 heterocycles. The molecule has 29 heavy (non-hydrogen) atoms. The van der Waals surface area contributed by atoms with Gasteiger partial charge in [-0.15, -0.1) is 11.3 Å². The lowest BCUT2D eigenvalue weighted by Gasteiger charge is -2.12. The number of aryl methyl sites for hydroxylation is 1. The number of imidazole rings is 1. The second kappa shape index (κ2) is 7.18. The van der Waals surface area contributed by atoms with Crippen molar-refractivity contribution in [2.75, 3.05) is 5.32 Å². The second-order valence-corrected chi connectivity index (χ2v) is 7.94. The topological polar surface area (TPSA) is 90.0 Å². The van der Waals surface area contributed by atoms with Crippen LogP contribution in [-0.2, 0) is 30.4 Å². The van der Waals surface area contributed by atoms with E-state index in [1.165, 1.54) is 23.5 Å². The van der Waals surface area contributed by atoms with E-state index in [2.05, 4.69) is 10.3 Å². The number of halogens is 3. The standard InChI is InChI=1S/C19H17F3N4O2S/c20-19(21,22)18-24-11-6-2-3-7-12(11)26(18)9-14(27)25-17-15(16(23)28)10-5-1-4-8-13(10)29-17/h2-3,6-7H,1,4-5,8-9H2,(H2,23,28)(H,25,27). The number of hydrogen-bond donors (Lipinski definition) is 2. The number of para-hydroxylation sites is 2. The Bertz CT molecular complexity index is 1120. The van der Waals surface area contributed by atoms with E-state index in [0.717, 1.165) is 34.3 Å². The van der Waals surface area contributed by atoms with Crippen LogP contribution in [0.5, 0.6) is 0 Å². The molecule has 0 bridgehead atoms. The number of rotatable bonds is 4. The molecule has 0 atom stereocenters. The number of alkyl halides is 3. The lowest BCUT2D eigenvalue weighted by Crippen LogP contribution is -2.24. The summed E-state index contributed by atoms with van der Waals surface area (Å²) in [5.41, 5.74) is 6.97. The maximum atomic E-state index is 13.4. The first kappa shape index (κ1) is 19.4. The number of hydrogen-bond acceptors (Lipinski definition) is 4. The molecule has 152 valence electrons. The van der Waals surface area contributed by atoms with Crippen LogP contribution in [0.15, 0.2) is 24.3 Å². The molecule has 1 aliphatic rings. The summed E-state index contributed by atoms with van der Waals surface area (Å²) in [6.45, 7) is -0.587. The Hall–Kier alpha value is -2.88. The number of benzene rings is 1. The van der Waals surface area contributed by atoms with Gasteiger partial charge in [-0.05, 0) is 43.4 Å². The maximum Gasteiger partial charge on any atom is 0.449 e. The molecule has 4 rings (SSSR count). The first-order valence-corrected chi connectivity index (χ1v) is 9.84. The van der Waals surface area contributed by atoms with Gasteiger partial charge in [-0.1, -0.05) is 12.1 Å². The number of carbonyl (C=O) groups is 2. The average Bonchev–Trinajstić information content (AvgIpc) is 3.20. The molecule has 3 aromatic rings. The summed E-state index contributed by atoms with van der Waals surface area (Å²) in [5.74, 6) is -2.47. The van der Waals surface area contributed by atoms with Crippen LogP contribution in [0.25, 0.3) is 11.0 Å². The molecule has 0 unspecified atom stereocenters. The van der Waals surface area contributed by atoms with Gasteiger partial charge in [0.1, 0.15) is 11.5 Å². The van der Waals surface area contributed by atoms with E-state index in [4.69, 9.17) is 5.73 Å². The van der Waals surface area contributed by atoms with Crippen molar-refractivity contribution in [3.05, 3.63) is 46.1 Å². The van der Waals surface area contributed by atoms with Crippen molar-refractivity contribution in [1.29, 1.82) is 0 Å². The van der Waals surface area contributed by atoms with Gasteiger partial charge >= 0.3 is 6.18 Å². The molecule has 2 amide bonds. The van der Waals surface area contributed by atoms with Crippen molar-refractivity contribution in [3.63, 3.8) is 0 Å². The van der Waals surface area contributed by atoms with Crippen molar-refractivity contribution in [1.82, 2.24) is 9.55 Å². The zero-order valence-corrected chi connectivity index (χ0v) is 16.0. The van der Waals surface area contributed by atoms with Gasteiger partial charge < -0.3 is 15.6 Å². The Balaban J connectivity index is 1.67. The van der Waals surface area contributed by atoms with Crippen LogP contribution in [-0.4, -0.2) is 21.4 Å². The summed E-state index contributed by atoms with van der Waals surface area (Å²) in [4.78, 5) is 29.2. The average molecular weight is 422 g/mol. The van der Waals surface area contributed by atoms with E-state index in [0.29, 0.717) is 11.4 Å². The van der Waals surface area contributed by atoms with Gasteiger partial charge in [0.25, 0.3) is 5.91 Å². The van der Waals surface area contributed by atoms with Crippen LogP contribution in [0, 0.1) is 0 Å². The number of carbonyl (C=O) groups excluding carboxylic acids is 2. The molecule has 1 aliphatic carbocycles. The highest BCUT2D eigenvalue weighted by Crippen LogP contribution is 2.38. The SMILES string of the molecule is NC(=O)c1c(NC(=O)Cn2c(C(F)(F)F)nc3ccccc32)sc2c1CCCC2. The Morgan fingerprint density at radius 1 is 1.21 bits per heavy atom. The minimum atomic E-state index is -4.71. The monoisotopic (exact) mass is 422 g/mol. The third kappa shape index (κ3) is 3.59. The zero-order valence-electron chi connectivity index (χ0n) is 15.2. The van der Waals surface area contributed by atoms with Gasteiger partial charge in [-0.2, -0.15) is 13.2 Å². The molecule has 0 saturated heterocycles. The van der Waals surface area contributed by atoms with Crippen LogP contribution < -0.4 is 11.1 Å². The predicted octanol–water partition coefficient (Wildman–Crippen LogP) is 3.73. The lowest BCUT2D eigenvalue weighted by molar-refractivity contribution is -0.147. The molecule has 0 radical (unpaired) electrons. The molecule has 10 heteroatoms. The highest BCUT2D eigenvalue weighted by atomic mass is 32.1. The van der Waals surface area contributed by atoms with Gasteiger partial charge in [0.05, 0.1) is 16.6 Å². The normalized spacial score (nSPS) is 14.0. The van der Waals surface area contributed by atoms with E-state index in [9.17, 15) is 22.8 Å². The number of fused-ring (bicyclic) bond motifs is 2. The number of nitrogens with one attached hydrogen (secondary N) is 1. The third-order valence-electron chi connectivity index (χ3n) is 4.88. The highest BCUT2D eigenvalue weighted by molar-refractivity contribution is 7.17. The van der Waals surface area contributed by atoms with Crippen LogP contribution in [0.2, 0.25) is 0 Å². The van der Waals surface area contributed by atoms with E-state index >= 15 is 0 Å². The number of aromatic nitrogens is 2. The van der Waals surface area contributed by atoms with Gasteiger partial charge in [0, 0.05) is 4.88 Å². The Morgan fingerprint density at radius 2 is 1.93 bits per heavy atom. The van der Waals surface area contributed by atoms with E-state index in [-0.39, 0.29) is 16.6 Å². The Labute approximate surface area is 167 Å². The largest absolute Gasteiger partial charge is 0.449 e. The molecule has 6 nitrogen and oxygen atoms in total. The summed E-state index contributed by atoms with van der Waals surface area (Å²) < 4.78 is 41.1. The van der Waals surface area contributed by atoms with Crippen molar-refractivity contribution < 1.29 is 22.8 Å². The highest BCUT2D eigenvalue weighted by Gasteiger charge is 2.38. The minimum absolute atomic E-state index is 0.150. The number of nitrogens with two attached hydrogens (primary N) is 1. The van der Waals surface area contributed by atoms with Gasteiger partial charge in [0.2, 0.25) is 11.7 Å². The molecular formula is C19H17F3N4O2S.